The second kappa shape index (κ2) is 5.16. The first-order valence-electron chi connectivity index (χ1n) is 7.75. The summed E-state index contributed by atoms with van der Waals surface area (Å²) in [5, 5.41) is 3.73. The summed E-state index contributed by atoms with van der Waals surface area (Å²) in [5.41, 5.74) is 2.86. The zero-order valence-corrected chi connectivity index (χ0v) is 12.4. The largest absolute Gasteiger partial charge is 0.366 e. The molecule has 104 valence electrons. The standard InChI is InChI=1S/C17H26N2/c1-12(2)15-5-4-6-16(9-15)19-11-17(14-7-8-14)18-10-13(19)3/h4-6,9,12-14,17-18H,7-8,10-11H2,1-3H3. The molecule has 0 aromatic heterocycles. The highest BCUT2D eigenvalue weighted by molar-refractivity contribution is 5.51. The van der Waals surface area contributed by atoms with Crippen molar-refractivity contribution in [2.24, 2.45) is 5.92 Å². The second-order valence-electron chi connectivity index (χ2n) is 6.60. The Kier molecular flexibility index (Phi) is 3.53. The van der Waals surface area contributed by atoms with Gasteiger partial charge in [-0.2, -0.15) is 0 Å². The van der Waals surface area contributed by atoms with E-state index in [2.05, 4.69) is 55.3 Å². The van der Waals surface area contributed by atoms with Gasteiger partial charge in [0, 0.05) is 30.9 Å². The zero-order valence-electron chi connectivity index (χ0n) is 12.4. The summed E-state index contributed by atoms with van der Waals surface area (Å²) in [7, 11) is 0. The Bertz CT molecular complexity index is 437. The fraction of sp³-hybridized carbons (Fsp3) is 0.647. The first-order chi connectivity index (χ1) is 9.15. The van der Waals surface area contributed by atoms with Crippen molar-refractivity contribution in [3.8, 4) is 0 Å². The highest BCUT2D eigenvalue weighted by Crippen LogP contribution is 2.35. The number of nitrogens with one attached hydrogen (secondary N) is 1. The van der Waals surface area contributed by atoms with Crippen LogP contribution in [0, 0.1) is 5.92 Å². The van der Waals surface area contributed by atoms with Gasteiger partial charge in [0.25, 0.3) is 0 Å². The summed E-state index contributed by atoms with van der Waals surface area (Å²) < 4.78 is 0. The lowest BCUT2D eigenvalue weighted by molar-refractivity contribution is 0.376. The van der Waals surface area contributed by atoms with Gasteiger partial charge in [0.1, 0.15) is 0 Å². The minimum Gasteiger partial charge on any atom is -0.366 e. The minimum atomic E-state index is 0.595. The summed E-state index contributed by atoms with van der Waals surface area (Å²) in [6.07, 6.45) is 2.85. The average Bonchev–Trinajstić information content (AvgIpc) is 3.24. The molecule has 2 aliphatic rings. The third-order valence-electron chi connectivity index (χ3n) is 4.66. The molecule has 0 radical (unpaired) electrons. The molecule has 3 rings (SSSR count). The molecule has 2 nitrogen and oxygen atoms in total. The van der Waals surface area contributed by atoms with Gasteiger partial charge in [-0.05, 0) is 49.3 Å². The first kappa shape index (κ1) is 13.0. The molecule has 1 aromatic carbocycles. The van der Waals surface area contributed by atoms with Crippen LogP contribution in [0.4, 0.5) is 5.69 Å². The Morgan fingerprint density at radius 2 is 2.05 bits per heavy atom. The third-order valence-corrected chi connectivity index (χ3v) is 4.66. The van der Waals surface area contributed by atoms with Crippen molar-refractivity contribution in [1.82, 2.24) is 5.32 Å². The van der Waals surface area contributed by atoms with Gasteiger partial charge in [0.15, 0.2) is 0 Å². The Hall–Kier alpha value is -1.02. The molecule has 2 heteroatoms. The highest BCUT2D eigenvalue weighted by atomic mass is 15.2. The fourth-order valence-corrected chi connectivity index (χ4v) is 3.13. The van der Waals surface area contributed by atoms with Crippen LogP contribution in [-0.4, -0.2) is 25.2 Å². The summed E-state index contributed by atoms with van der Waals surface area (Å²) >= 11 is 0. The number of benzene rings is 1. The van der Waals surface area contributed by atoms with Crippen molar-refractivity contribution in [3.05, 3.63) is 29.8 Å². The Morgan fingerprint density at radius 1 is 1.26 bits per heavy atom. The molecule has 19 heavy (non-hydrogen) atoms. The van der Waals surface area contributed by atoms with Crippen LogP contribution in [0.1, 0.15) is 45.1 Å². The molecule has 1 heterocycles. The predicted molar refractivity (Wildman–Crippen MR) is 81.9 cm³/mol. The summed E-state index contributed by atoms with van der Waals surface area (Å²) in [6.45, 7) is 9.17. The first-order valence-corrected chi connectivity index (χ1v) is 7.75. The molecule has 0 bridgehead atoms. The van der Waals surface area contributed by atoms with E-state index in [1.165, 1.54) is 30.6 Å². The number of hydrogen-bond donors (Lipinski definition) is 1. The number of rotatable bonds is 3. The van der Waals surface area contributed by atoms with Gasteiger partial charge in [-0.25, -0.2) is 0 Å². The van der Waals surface area contributed by atoms with Crippen molar-refractivity contribution in [1.29, 1.82) is 0 Å². The van der Waals surface area contributed by atoms with Crippen LogP contribution in [0.3, 0.4) is 0 Å². The normalized spacial score (nSPS) is 27.9. The zero-order chi connectivity index (χ0) is 13.4. The molecular formula is C17H26N2. The average molecular weight is 258 g/mol. The molecular weight excluding hydrogens is 232 g/mol. The molecule has 1 aliphatic heterocycles. The van der Waals surface area contributed by atoms with Crippen molar-refractivity contribution in [2.45, 2.75) is 51.6 Å². The predicted octanol–water partition coefficient (Wildman–Crippen LogP) is 3.39. The minimum absolute atomic E-state index is 0.595. The molecule has 1 saturated heterocycles. The van der Waals surface area contributed by atoms with Gasteiger partial charge in [-0.15, -0.1) is 0 Å². The fourth-order valence-electron chi connectivity index (χ4n) is 3.13. The quantitative estimate of drug-likeness (QED) is 0.894. The van der Waals surface area contributed by atoms with Crippen molar-refractivity contribution < 1.29 is 0 Å². The van der Waals surface area contributed by atoms with Crippen LogP contribution >= 0.6 is 0 Å². The van der Waals surface area contributed by atoms with Crippen LogP contribution in [0.5, 0.6) is 0 Å². The molecule has 0 amide bonds. The number of hydrogen-bond acceptors (Lipinski definition) is 2. The summed E-state index contributed by atoms with van der Waals surface area (Å²) in [4.78, 5) is 2.60. The maximum atomic E-state index is 3.73. The van der Waals surface area contributed by atoms with Crippen LogP contribution in [-0.2, 0) is 0 Å². The van der Waals surface area contributed by atoms with Crippen LogP contribution in [0.2, 0.25) is 0 Å². The second-order valence-corrected chi connectivity index (χ2v) is 6.60. The highest BCUT2D eigenvalue weighted by Gasteiger charge is 2.36. The van der Waals surface area contributed by atoms with Gasteiger partial charge in [0.05, 0.1) is 0 Å². The number of nitrogens with zero attached hydrogens (tertiary/aromatic N) is 1. The molecule has 2 unspecified atom stereocenters. The van der Waals surface area contributed by atoms with E-state index in [0.29, 0.717) is 18.0 Å². The van der Waals surface area contributed by atoms with E-state index in [-0.39, 0.29) is 0 Å². The number of anilines is 1. The Balaban J connectivity index is 1.80. The maximum absolute atomic E-state index is 3.73. The van der Waals surface area contributed by atoms with Gasteiger partial charge in [0.2, 0.25) is 0 Å². The van der Waals surface area contributed by atoms with Crippen molar-refractivity contribution >= 4 is 5.69 Å². The van der Waals surface area contributed by atoms with Gasteiger partial charge in [-0.1, -0.05) is 26.0 Å². The molecule has 1 aromatic rings. The van der Waals surface area contributed by atoms with Crippen molar-refractivity contribution in [2.75, 3.05) is 18.0 Å². The van der Waals surface area contributed by atoms with Crippen molar-refractivity contribution in [3.63, 3.8) is 0 Å². The van der Waals surface area contributed by atoms with E-state index in [1.807, 2.05) is 0 Å². The molecule has 1 saturated carbocycles. The Morgan fingerprint density at radius 3 is 2.74 bits per heavy atom. The van der Waals surface area contributed by atoms with E-state index in [4.69, 9.17) is 0 Å². The lowest BCUT2D eigenvalue weighted by Crippen LogP contribution is -2.56. The number of piperazine rings is 1. The molecule has 2 fully saturated rings. The molecule has 2 atom stereocenters. The van der Waals surface area contributed by atoms with E-state index < -0.39 is 0 Å². The molecule has 1 aliphatic carbocycles. The van der Waals surface area contributed by atoms with E-state index >= 15 is 0 Å². The third kappa shape index (κ3) is 2.79. The van der Waals surface area contributed by atoms with E-state index in [9.17, 15) is 0 Å². The van der Waals surface area contributed by atoms with Crippen LogP contribution < -0.4 is 10.2 Å². The molecule has 0 spiro atoms. The molecule has 1 N–H and O–H groups in total. The van der Waals surface area contributed by atoms with E-state index in [1.54, 1.807) is 0 Å². The lowest BCUT2D eigenvalue weighted by Gasteiger charge is -2.41. The Labute approximate surface area is 117 Å². The monoisotopic (exact) mass is 258 g/mol. The van der Waals surface area contributed by atoms with Gasteiger partial charge < -0.3 is 10.2 Å². The summed E-state index contributed by atoms with van der Waals surface area (Å²) in [5.74, 6) is 1.54. The summed E-state index contributed by atoms with van der Waals surface area (Å²) in [6, 6.07) is 10.4. The van der Waals surface area contributed by atoms with E-state index in [0.717, 1.165) is 12.5 Å². The smallest absolute Gasteiger partial charge is 0.0387 e. The van der Waals surface area contributed by atoms with Crippen LogP contribution in [0.15, 0.2) is 24.3 Å². The topological polar surface area (TPSA) is 15.3 Å². The maximum Gasteiger partial charge on any atom is 0.0387 e. The lowest BCUT2D eigenvalue weighted by atomic mass is 10.0. The van der Waals surface area contributed by atoms with Gasteiger partial charge >= 0.3 is 0 Å². The SMILES string of the molecule is CC(C)c1cccc(N2CC(C3CC3)NCC2C)c1. The van der Waals surface area contributed by atoms with Gasteiger partial charge in [-0.3, -0.25) is 0 Å². The van der Waals surface area contributed by atoms with Crippen LogP contribution in [0.25, 0.3) is 0 Å².